The average molecular weight is 387 g/mol. The Hall–Kier alpha value is -2.62. The SMILES string of the molecule is CCC(NC(=O)c1ccccc1OCC(N)=O)c1nc(C(F)(F)F)cs1. The highest BCUT2D eigenvalue weighted by molar-refractivity contribution is 7.09. The Morgan fingerprint density at radius 2 is 2.04 bits per heavy atom. The average Bonchev–Trinajstić information content (AvgIpc) is 3.08. The van der Waals surface area contributed by atoms with Crippen molar-refractivity contribution in [3.8, 4) is 5.75 Å². The first-order valence-electron chi connectivity index (χ1n) is 7.56. The Labute approximate surface area is 151 Å². The third-order valence-corrected chi connectivity index (χ3v) is 4.28. The summed E-state index contributed by atoms with van der Waals surface area (Å²) in [5.74, 6) is -1.11. The van der Waals surface area contributed by atoms with Gasteiger partial charge in [-0.3, -0.25) is 9.59 Å². The van der Waals surface area contributed by atoms with Gasteiger partial charge in [0.15, 0.2) is 12.3 Å². The molecule has 1 unspecified atom stereocenters. The van der Waals surface area contributed by atoms with E-state index < -0.39 is 36.3 Å². The molecule has 0 aliphatic rings. The minimum absolute atomic E-state index is 0.139. The predicted molar refractivity (Wildman–Crippen MR) is 88.7 cm³/mol. The van der Waals surface area contributed by atoms with Gasteiger partial charge in [0.05, 0.1) is 11.6 Å². The number of nitrogens with zero attached hydrogens (tertiary/aromatic N) is 1. The maximum atomic E-state index is 12.7. The van der Waals surface area contributed by atoms with Gasteiger partial charge in [0, 0.05) is 5.38 Å². The van der Waals surface area contributed by atoms with Crippen molar-refractivity contribution in [3.63, 3.8) is 0 Å². The van der Waals surface area contributed by atoms with Gasteiger partial charge in [-0.25, -0.2) is 4.98 Å². The van der Waals surface area contributed by atoms with Gasteiger partial charge in [-0.1, -0.05) is 19.1 Å². The number of rotatable bonds is 7. The highest BCUT2D eigenvalue weighted by Crippen LogP contribution is 2.32. The first-order chi connectivity index (χ1) is 12.2. The highest BCUT2D eigenvalue weighted by Gasteiger charge is 2.34. The van der Waals surface area contributed by atoms with Crippen molar-refractivity contribution in [2.24, 2.45) is 5.73 Å². The van der Waals surface area contributed by atoms with E-state index in [4.69, 9.17) is 10.5 Å². The third-order valence-electron chi connectivity index (χ3n) is 3.33. The van der Waals surface area contributed by atoms with Crippen LogP contribution in [0.4, 0.5) is 13.2 Å². The van der Waals surface area contributed by atoms with E-state index in [-0.39, 0.29) is 16.3 Å². The second kappa shape index (κ2) is 8.17. The molecule has 1 atom stereocenters. The fraction of sp³-hybridized carbons (Fsp3) is 0.312. The van der Waals surface area contributed by atoms with E-state index in [1.165, 1.54) is 12.1 Å². The molecule has 2 aromatic rings. The van der Waals surface area contributed by atoms with Gasteiger partial charge >= 0.3 is 6.18 Å². The number of nitrogens with one attached hydrogen (secondary N) is 1. The largest absolute Gasteiger partial charge is 0.483 e. The van der Waals surface area contributed by atoms with Crippen molar-refractivity contribution >= 4 is 23.2 Å². The van der Waals surface area contributed by atoms with Crippen LogP contribution in [0.3, 0.4) is 0 Å². The molecule has 1 aromatic carbocycles. The zero-order valence-corrected chi connectivity index (χ0v) is 14.5. The van der Waals surface area contributed by atoms with Crippen molar-refractivity contribution < 1.29 is 27.5 Å². The smallest absolute Gasteiger partial charge is 0.434 e. The number of alkyl halides is 3. The molecule has 0 aliphatic heterocycles. The summed E-state index contributed by atoms with van der Waals surface area (Å²) in [5.41, 5.74) is 4.17. The summed E-state index contributed by atoms with van der Waals surface area (Å²) in [5, 5.41) is 3.70. The maximum absolute atomic E-state index is 12.7. The number of para-hydroxylation sites is 1. The lowest BCUT2D eigenvalue weighted by molar-refractivity contribution is -0.140. The molecule has 3 N–H and O–H groups in total. The van der Waals surface area contributed by atoms with Crippen molar-refractivity contribution in [1.82, 2.24) is 10.3 Å². The molecule has 0 fully saturated rings. The number of amides is 2. The van der Waals surface area contributed by atoms with Crippen LogP contribution in [-0.4, -0.2) is 23.4 Å². The first-order valence-corrected chi connectivity index (χ1v) is 8.44. The maximum Gasteiger partial charge on any atom is 0.434 e. The number of primary amides is 1. The molecule has 0 saturated heterocycles. The number of hydrogen-bond donors (Lipinski definition) is 2. The Bertz CT molecular complexity index is 792. The van der Waals surface area contributed by atoms with Crippen LogP contribution in [0.5, 0.6) is 5.75 Å². The van der Waals surface area contributed by atoms with Crippen LogP contribution in [0.25, 0.3) is 0 Å². The molecule has 0 spiro atoms. The highest BCUT2D eigenvalue weighted by atomic mass is 32.1. The van der Waals surface area contributed by atoms with Crippen LogP contribution < -0.4 is 15.8 Å². The number of nitrogens with two attached hydrogens (primary N) is 1. The minimum Gasteiger partial charge on any atom is -0.483 e. The van der Waals surface area contributed by atoms with Gasteiger partial charge in [-0.05, 0) is 18.6 Å². The standard InChI is InChI=1S/C16H16F3N3O3S/c1-2-10(15-22-12(8-26-15)16(17,18)19)21-14(24)9-5-3-4-6-11(9)25-7-13(20)23/h3-6,8,10H,2,7H2,1H3,(H2,20,23)(H,21,24). The molecule has 26 heavy (non-hydrogen) atoms. The molecule has 0 radical (unpaired) electrons. The Balaban J connectivity index is 2.17. The molecule has 1 heterocycles. The van der Waals surface area contributed by atoms with E-state index in [1.807, 2.05) is 0 Å². The Kier molecular flexibility index (Phi) is 6.19. The summed E-state index contributed by atoms with van der Waals surface area (Å²) in [4.78, 5) is 26.9. The molecule has 140 valence electrons. The molecule has 2 rings (SSSR count). The first kappa shape index (κ1) is 19.7. The Morgan fingerprint density at radius 1 is 1.35 bits per heavy atom. The van der Waals surface area contributed by atoms with Crippen LogP contribution in [-0.2, 0) is 11.0 Å². The molecule has 6 nitrogen and oxygen atoms in total. The van der Waals surface area contributed by atoms with E-state index in [1.54, 1.807) is 19.1 Å². The number of thiazole rings is 1. The third kappa shape index (κ3) is 4.94. The van der Waals surface area contributed by atoms with E-state index in [2.05, 4.69) is 10.3 Å². The zero-order valence-electron chi connectivity index (χ0n) is 13.7. The lowest BCUT2D eigenvalue weighted by Gasteiger charge is -2.16. The van der Waals surface area contributed by atoms with Gasteiger partial charge in [0.25, 0.3) is 11.8 Å². The van der Waals surface area contributed by atoms with Crippen LogP contribution in [0.2, 0.25) is 0 Å². The van der Waals surface area contributed by atoms with Gasteiger partial charge in [-0.2, -0.15) is 13.2 Å². The molecule has 10 heteroatoms. The summed E-state index contributed by atoms with van der Waals surface area (Å²) >= 11 is 0.826. The second-order valence-corrected chi connectivity index (χ2v) is 6.14. The van der Waals surface area contributed by atoms with Crippen molar-refractivity contribution in [3.05, 3.63) is 45.9 Å². The van der Waals surface area contributed by atoms with Crippen molar-refractivity contribution in [1.29, 1.82) is 0 Å². The number of carbonyl (C=O) groups is 2. The molecule has 2 amide bonds. The van der Waals surface area contributed by atoms with E-state index in [9.17, 15) is 22.8 Å². The number of hydrogen-bond acceptors (Lipinski definition) is 5. The Morgan fingerprint density at radius 3 is 2.62 bits per heavy atom. The van der Waals surface area contributed by atoms with Gasteiger partial charge in [0.2, 0.25) is 0 Å². The van der Waals surface area contributed by atoms with E-state index >= 15 is 0 Å². The van der Waals surface area contributed by atoms with E-state index in [0.717, 1.165) is 16.7 Å². The number of ether oxygens (including phenoxy) is 1. The molecule has 1 aromatic heterocycles. The molecular weight excluding hydrogens is 371 g/mol. The van der Waals surface area contributed by atoms with Crippen LogP contribution in [0.1, 0.15) is 40.4 Å². The summed E-state index contributed by atoms with van der Waals surface area (Å²) in [6, 6.07) is 5.48. The number of benzene rings is 1. The van der Waals surface area contributed by atoms with Gasteiger partial charge in [0.1, 0.15) is 10.8 Å². The van der Waals surface area contributed by atoms with Crippen molar-refractivity contribution in [2.45, 2.75) is 25.6 Å². The summed E-state index contributed by atoms with van der Waals surface area (Å²) in [7, 11) is 0. The van der Waals surface area contributed by atoms with Crippen LogP contribution in [0.15, 0.2) is 29.6 Å². The molecule has 0 aliphatic carbocycles. The number of carbonyl (C=O) groups excluding carboxylic acids is 2. The van der Waals surface area contributed by atoms with Crippen LogP contribution in [0, 0.1) is 0 Å². The predicted octanol–water partition coefficient (Wildman–Crippen LogP) is 2.91. The van der Waals surface area contributed by atoms with Gasteiger partial charge in [-0.15, -0.1) is 11.3 Å². The minimum atomic E-state index is -4.54. The molecular formula is C16H16F3N3O3S. The fourth-order valence-electron chi connectivity index (χ4n) is 2.08. The lowest BCUT2D eigenvalue weighted by Crippen LogP contribution is -2.29. The number of halogens is 3. The quantitative estimate of drug-likeness (QED) is 0.764. The number of aromatic nitrogens is 1. The topological polar surface area (TPSA) is 94.3 Å². The van der Waals surface area contributed by atoms with Gasteiger partial charge < -0.3 is 15.8 Å². The normalized spacial score (nSPS) is 12.5. The summed E-state index contributed by atoms with van der Waals surface area (Å²) in [6.07, 6.45) is -4.19. The fourth-order valence-corrected chi connectivity index (χ4v) is 3.04. The second-order valence-electron chi connectivity index (χ2n) is 5.25. The lowest BCUT2D eigenvalue weighted by atomic mass is 10.1. The van der Waals surface area contributed by atoms with E-state index in [0.29, 0.717) is 6.42 Å². The molecule has 0 bridgehead atoms. The molecule has 0 saturated carbocycles. The monoisotopic (exact) mass is 387 g/mol. The summed E-state index contributed by atoms with van der Waals surface area (Å²) < 4.78 is 43.3. The van der Waals surface area contributed by atoms with Crippen molar-refractivity contribution in [2.75, 3.05) is 6.61 Å². The summed E-state index contributed by atoms with van der Waals surface area (Å²) in [6.45, 7) is 1.32. The zero-order chi connectivity index (χ0) is 19.3. The van der Waals surface area contributed by atoms with Crippen LogP contribution >= 0.6 is 11.3 Å².